The van der Waals surface area contributed by atoms with Crippen molar-refractivity contribution in [2.45, 2.75) is 12.8 Å². The summed E-state index contributed by atoms with van der Waals surface area (Å²) in [5, 5.41) is 20.5. The third-order valence-electron chi connectivity index (χ3n) is 4.42. The second-order valence-electron chi connectivity index (χ2n) is 6.65. The molecule has 11 heteroatoms. The molecule has 0 saturated carbocycles. The molecule has 0 atom stereocenters. The van der Waals surface area contributed by atoms with E-state index in [9.17, 15) is 27.9 Å². The van der Waals surface area contributed by atoms with Crippen LogP contribution in [0.2, 0.25) is 0 Å². The smallest absolute Gasteiger partial charge is 0.416 e. The molecule has 0 radical (unpaired) electrons. The van der Waals surface area contributed by atoms with Gasteiger partial charge in [0.2, 0.25) is 0 Å². The molecular formula is C22H17F3N2O6. The summed E-state index contributed by atoms with van der Waals surface area (Å²) in [5.41, 5.74) is -1.18. The highest BCUT2D eigenvalue weighted by molar-refractivity contribution is 6.06. The molecule has 1 amide bonds. The van der Waals surface area contributed by atoms with Crippen molar-refractivity contribution in [2.24, 2.45) is 0 Å². The fourth-order valence-corrected chi connectivity index (χ4v) is 2.78. The molecule has 1 heterocycles. The van der Waals surface area contributed by atoms with Crippen LogP contribution in [0.25, 0.3) is 0 Å². The molecule has 3 N–H and O–H groups in total. The number of aromatic nitrogens is 1. The van der Waals surface area contributed by atoms with E-state index in [1.54, 1.807) is 0 Å². The number of aliphatic hydroxyl groups excluding tert-OH is 1. The van der Waals surface area contributed by atoms with Gasteiger partial charge in [-0.25, -0.2) is 9.78 Å². The SMILES string of the molecule is COc1cc(CO)ccc1Oc1ccc(C(F)(F)F)cc1C(=O)Nc1ccc(C(=O)O)nc1. The van der Waals surface area contributed by atoms with Gasteiger partial charge < -0.3 is 25.0 Å². The van der Waals surface area contributed by atoms with Gasteiger partial charge in [-0.3, -0.25) is 4.79 Å². The van der Waals surface area contributed by atoms with E-state index in [4.69, 9.17) is 14.6 Å². The van der Waals surface area contributed by atoms with Crippen LogP contribution < -0.4 is 14.8 Å². The lowest BCUT2D eigenvalue weighted by Gasteiger charge is -2.16. The molecule has 0 aliphatic rings. The number of aliphatic hydroxyl groups is 1. The number of carbonyl (C=O) groups excluding carboxylic acids is 1. The Balaban J connectivity index is 1.98. The molecule has 33 heavy (non-hydrogen) atoms. The van der Waals surface area contributed by atoms with Crippen molar-refractivity contribution in [1.82, 2.24) is 4.98 Å². The van der Waals surface area contributed by atoms with Crippen LogP contribution in [0.5, 0.6) is 17.2 Å². The normalized spacial score (nSPS) is 11.1. The molecule has 8 nitrogen and oxygen atoms in total. The molecule has 2 aromatic carbocycles. The Hall–Kier alpha value is -4.12. The number of aromatic carboxylic acids is 1. The van der Waals surface area contributed by atoms with E-state index in [0.29, 0.717) is 11.6 Å². The number of pyridine rings is 1. The summed E-state index contributed by atoms with van der Waals surface area (Å²) in [6.07, 6.45) is -3.65. The molecule has 0 spiro atoms. The van der Waals surface area contributed by atoms with Crippen molar-refractivity contribution in [2.75, 3.05) is 12.4 Å². The first-order valence-electron chi connectivity index (χ1n) is 9.30. The first-order valence-corrected chi connectivity index (χ1v) is 9.30. The van der Waals surface area contributed by atoms with Gasteiger partial charge in [-0.05, 0) is 48.0 Å². The van der Waals surface area contributed by atoms with Crippen molar-refractivity contribution in [3.63, 3.8) is 0 Å². The molecule has 1 aromatic heterocycles. The Kier molecular flexibility index (Phi) is 6.83. The highest BCUT2D eigenvalue weighted by atomic mass is 19.4. The number of carboxylic acid groups (broad SMARTS) is 1. The van der Waals surface area contributed by atoms with Crippen LogP contribution in [0.1, 0.15) is 32.0 Å². The number of carbonyl (C=O) groups is 2. The number of nitrogens with zero attached hydrogens (tertiary/aromatic N) is 1. The number of hydrogen-bond donors (Lipinski definition) is 3. The predicted molar refractivity (Wildman–Crippen MR) is 110 cm³/mol. The van der Waals surface area contributed by atoms with Crippen LogP contribution in [0.15, 0.2) is 54.7 Å². The first kappa shape index (κ1) is 23.5. The first-order chi connectivity index (χ1) is 15.6. The van der Waals surface area contributed by atoms with Crippen LogP contribution in [0.3, 0.4) is 0 Å². The molecule has 0 aliphatic heterocycles. The molecule has 0 aliphatic carbocycles. The number of ether oxygens (including phenoxy) is 2. The van der Waals surface area contributed by atoms with Crippen molar-refractivity contribution >= 4 is 17.6 Å². The number of methoxy groups -OCH3 is 1. The van der Waals surface area contributed by atoms with Crippen molar-refractivity contribution in [1.29, 1.82) is 0 Å². The Morgan fingerprint density at radius 3 is 2.33 bits per heavy atom. The highest BCUT2D eigenvalue weighted by Crippen LogP contribution is 2.37. The van der Waals surface area contributed by atoms with Crippen LogP contribution in [0.4, 0.5) is 18.9 Å². The fraction of sp³-hybridized carbons (Fsp3) is 0.136. The van der Waals surface area contributed by atoms with Crippen molar-refractivity contribution < 1.29 is 42.4 Å². The maximum absolute atomic E-state index is 13.3. The molecule has 0 bridgehead atoms. The average molecular weight is 462 g/mol. The topological polar surface area (TPSA) is 118 Å². The van der Waals surface area contributed by atoms with E-state index < -0.39 is 29.2 Å². The fourth-order valence-electron chi connectivity index (χ4n) is 2.78. The van der Waals surface area contributed by atoms with Gasteiger partial charge >= 0.3 is 12.1 Å². The number of amides is 1. The zero-order valence-corrected chi connectivity index (χ0v) is 17.0. The molecular weight excluding hydrogens is 445 g/mol. The number of halogens is 3. The van der Waals surface area contributed by atoms with Crippen molar-refractivity contribution in [3.05, 3.63) is 77.1 Å². The van der Waals surface area contributed by atoms with E-state index in [1.165, 1.54) is 31.4 Å². The molecule has 0 fully saturated rings. The van der Waals surface area contributed by atoms with Gasteiger partial charge in [-0.1, -0.05) is 6.07 Å². The van der Waals surface area contributed by atoms with Crippen molar-refractivity contribution in [3.8, 4) is 17.2 Å². The number of benzene rings is 2. The average Bonchev–Trinajstić information content (AvgIpc) is 2.79. The van der Waals surface area contributed by atoms with E-state index >= 15 is 0 Å². The Labute approximate surface area is 185 Å². The predicted octanol–water partition coefficient (Wildman–Crippen LogP) is 4.34. The highest BCUT2D eigenvalue weighted by Gasteiger charge is 2.32. The number of rotatable bonds is 7. The largest absolute Gasteiger partial charge is 0.493 e. The van der Waals surface area contributed by atoms with Gasteiger partial charge in [-0.2, -0.15) is 13.2 Å². The lowest BCUT2D eigenvalue weighted by Crippen LogP contribution is -2.15. The van der Waals surface area contributed by atoms with E-state index in [2.05, 4.69) is 10.3 Å². The maximum Gasteiger partial charge on any atom is 0.416 e. The summed E-state index contributed by atoms with van der Waals surface area (Å²) in [6, 6.07) is 9.24. The summed E-state index contributed by atoms with van der Waals surface area (Å²) in [4.78, 5) is 27.4. The number of anilines is 1. The van der Waals surface area contributed by atoms with E-state index in [1.807, 2.05) is 0 Å². The minimum atomic E-state index is -4.71. The zero-order valence-electron chi connectivity index (χ0n) is 17.0. The van der Waals surface area contributed by atoms with Gasteiger partial charge in [0, 0.05) is 0 Å². The van der Waals surface area contributed by atoms with Crippen LogP contribution >= 0.6 is 0 Å². The van der Waals surface area contributed by atoms with E-state index in [0.717, 1.165) is 24.4 Å². The minimum Gasteiger partial charge on any atom is -0.493 e. The van der Waals surface area contributed by atoms with Crippen LogP contribution in [0, 0.1) is 0 Å². The summed E-state index contributed by atoms with van der Waals surface area (Å²) in [7, 11) is 1.34. The lowest BCUT2D eigenvalue weighted by molar-refractivity contribution is -0.137. The third-order valence-corrected chi connectivity index (χ3v) is 4.42. The Bertz CT molecular complexity index is 1180. The molecule has 3 aromatic rings. The van der Waals surface area contributed by atoms with Gasteiger partial charge in [0.15, 0.2) is 11.5 Å². The molecule has 3 rings (SSSR count). The maximum atomic E-state index is 13.3. The monoisotopic (exact) mass is 462 g/mol. The second-order valence-corrected chi connectivity index (χ2v) is 6.65. The number of nitrogens with one attached hydrogen (secondary N) is 1. The number of carboxylic acids is 1. The van der Waals surface area contributed by atoms with Crippen LogP contribution in [-0.2, 0) is 12.8 Å². The third kappa shape index (κ3) is 5.57. The lowest BCUT2D eigenvalue weighted by atomic mass is 10.1. The van der Waals surface area contributed by atoms with Gasteiger partial charge in [0.1, 0.15) is 11.4 Å². The van der Waals surface area contributed by atoms with Gasteiger partial charge in [-0.15, -0.1) is 0 Å². The summed E-state index contributed by atoms with van der Waals surface area (Å²) in [6.45, 7) is -0.265. The minimum absolute atomic E-state index is 0.0678. The quantitative estimate of drug-likeness (QED) is 0.478. The number of alkyl halides is 3. The summed E-state index contributed by atoms with van der Waals surface area (Å²) >= 11 is 0. The van der Waals surface area contributed by atoms with Gasteiger partial charge in [0.05, 0.1) is 36.7 Å². The zero-order chi connectivity index (χ0) is 24.2. The molecule has 0 unspecified atom stereocenters. The number of hydrogen-bond acceptors (Lipinski definition) is 6. The van der Waals surface area contributed by atoms with E-state index in [-0.39, 0.29) is 35.2 Å². The van der Waals surface area contributed by atoms with Crippen LogP contribution in [-0.4, -0.2) is 34.2 Å². The summed E-state index contributed by atoms with van der Waals surface area (Å²) < 4.78 is 50.6. The summed E-state index contributed by atoms with van der Waals surface area (Å²) in [5.74, 6) is -2.10. The Morgan fingerprint density at radius 1 is 1.03 bits per heavy atom. The Morgan fingerprint density at radius 2 is 1.76 bits per heavy atom. The molecule has 0 saturated heterocycles. The second kappa shape index (κ2) is 9.57. The standard InChI is InChI=1S/C22H17F3N2O6/c1-32-19-8-12(11-28)2-6-18(19)33-17-7-3-13(22(23,24)25)9-15(17)20(29)27-14-4-5-16(21(30)31)26-10-14/h2-10,28H,11H2,1H3,(H,27,29)(H,30,31). The molecule has 172 valence electrons. The van der Waals surface area contributed by atoms with Gasteiger partial charge in [0.25, 0.3) is 5.91 Å².